The number of carbonyl (C=O) groups is 2. The van der Waals surface area contributed by atoms with Crippen LogP contribution in [0.2, 0.25) is 0 Å². The summed E-state index contributed by atoms with van der Waals surface area (Å²) in [7, 11) is 0. The van der Waals surface area contributed by atoms with Gasteiger partial charge in [0.2, 0.25) is 5.91 Å². The highest BCUT2D eigenvalue weighted by Crippen LogP contribution is 2.27. The zero-order valence-corrected chi connectivity index (χ0v) is 19.2. The van der Waals surface area contributed by atoms with Crippen molar-refractivity contribution in [2.75, 3.05) is 19.7 Å². The first kappa shape index (κ1) is 22.2. The van der Waals surface area contributed by atoms with E-state index >= 15 is 0 Å². The summed E-state index contributed by atoms with van der Waals surface area (Å²) >= 11 is 1.15. The van der Waals surface area contributed by atoms with Gasteiger partial charge >= 0.3 is 5.97 Å². The molecule has 1 aliphatic rings. The number of hydrogen-bond acceptors (Lipinski definition) is 6. The Morgan fingerprint density at radius 1 is 1.19 bits per heavy atom. The highest BCUT2D eigenvalue weighted by atomic mass is 32.1. The lowest BCUT2D eigenvalue weighted by Gasteiger charge is -2.32. The summed E-state index contributed by atoms with van der Waals surface area (Å²) in [5, 5.41) is 0.384. The first-order chi connectivity index (χ1) is 15.5. The van der Waals surface area contributed by atoms with Gasteiger partial charge in [0.05, 0.1) is 18.3 Å². The lowest BCUT2D eigenvalue weighted by atomic mass is 9.90. The number of ether oxygens (including phenoxy) is 1. The standard InChI is InChI=1S/C24H27N3O4S/c1-3-31-24(30)21-16(2)20-22(32-21)25-15-27(23(20)29)14-19(28)26-11-9-18(10-12-26)13-17-7-5-4-6-8-17/h4-8,15,18H,3,9-14H2,1-2H3. The molecule has 0 unspecified atom stereocenters. The van der Waals surface area contributed by atoms with Gasteiger partial charge in [0.25, 0.3) is 5.56 Å². The summed E-state index contributed by atoms with van der Waals surface area (Å²) in [5.41, 5.74) is 1.59. The van der Waals surface area contributed by atoms with Gasteiger partial charge in [0, 0.05) is 13.1 Å². The van der Waals surface area contributed by atoms with Crippen molar-refractivity contribution in [3.8, 4) is 0 Å². The molecule has 2 aromatic heterocycles. The number of aryl methyl sites for hydroxylation is 1. The van der Waals surface area contributed by atoms with E-state index in [1.165, 1.54) is 16.5 Å². The molecule has 1 fully saturated rings. The maximum absolute atomic E-state index is 13.0. The third kappa shape index (κ3) is 4.60. The number of fused-ring (bicyclic) bond motifs is 1. The van der Waals surface area contributed by atoms with Gasteiger partial charge in [-0.2, -0.15) is 0 Å². The highest BCUT2D eigenvalue weighted by molar-refractivity contribution is 7.20. The molecule has 1 aromatic carbocycles. The Kier molecular flexibility index (Phi) is 6.69. The van der Waals surface area contributed by atoms with E-state index in [-0.39, 0.29) is 24.6 Å². The first-order valence-electron chi connectivity index (χ1n) is 10.9. The van der Waals surface area contributed by atoms with Gasteiger partial charge < -0.3 is 9.64 Å². The minimum Gasteiger partial charge on any atom is -0.462 e. The van der Waals surface area contributed by atoms with Crippen LogP contribution in [0.3, 0.4) is 0 Å². The number of hydrogen-bond donors (Lipinski definition) is 0. The van der Waals surface area contributed by atoms with Gasteiger partial charge in [-0.1, -0.05) is 30.3 Å². The second kappa shape index (κ2) is 9.65. The fourth-order valence-electron chi connectivity index (χ4n) is 4.24. The molecule has 0 bridgehead atoms. The van der Waals surface area contributed by atoms with Crippen molar-refractivity contribution in [1.82, 2.24) is 14.5 Å². The Labute approximate surface area is 190 Å². The summed E-state index contributed by atoms with van der Waals surface area (Å²) in [4.78, 5) is 45.1. The molecule has 0 N–H and O–H groups in total. The summed E-state index contributed by atoms with van der Waals surface area (Å²) < 4.78 is 6.42. The fraction of sp³-hybridized carbons (Fsp3) is 0.417. The number of benzene rings is 1. The minimum atomic E-state index is -0.451. The maximum Gasteiger partial charge on any atom is 0.348 e. The van der Waals surface area contributed by atoms with Crippen LogP contribution in [-0.4, -0.2) is 46.0 Å². The number of thiophene rings is 1. The first-order valence-corrected chi connectivity index (χ1v) is 11.8. The molecule has 8 heteroatoms. The second-order valence-electron chi connectivity index (χ2n) is 8.15. The normalized spacial score (nSPS) is 14.6. The predicted molar refractivity (Wildman–Crippen MR) is 124 cm³/mol. The second-order valence-corrected chi connectivity index (χ2v) is 9.15. The third-order valence-electron chi connectivity index (χ3n) is 6.02. The lowest BCUT2D eigenvalue weighted by molar-refractivity contribution is -0.133. The molecule has 168 valence electrons. The van der Waals surface area contributed by atoms with Gasteiger partial charge in [0.15, 0.2) is 0 Å². The van der Waals surface area contributed by atoms with E-state index < -0.39 is 5.97 Å². The van der Waals surface area contributed by atoms with Crippen molar-refractivity contribution in [2.24, 2.45) is 5.92 Å². The molecule has 0 saturated carbocycles. The Morgan fingerprint density at radius 3 is 2.59 bits per heavy atom. The van der Waals surface area contributed by atoms with Crippen LogP contribution in [-0.2, 0) is 22.5 Å². The Balaban J connectivity index is 1.43. The molecule has 3 aromatic rings. The summed E-state index contributed by atoms with van der Waals surface area (Å²) in [6.45, 7) is 5.08. The monoisotopic (exact) mass is 453 g/mol. The van der Waals surface area contributed by atoms with Crippen LogP contribution in [0.15, 0.2) is 41.5 Å². The van der Waals surface area contributed by atoms with Gasteiger partial charge in [-0.05, 0) is 50.2 Å². The minimum absolute atomic E-state index is 0.0465. The van der Waals surface area contributed by atoms with E-state index in [9.17, 15) is 14.4 Å². The molecule has 7 nitrogen and oxygen atoms in total. The van der Waals surface area contributed by atoms with Gasteiger partial charge in [0.1, 0.15) is 16.3 Å². The largest absolute Gasteiger partial charge is 0.462 e. The average Bonchev–Trinajstić information content (AvgIpc) is 3.14. The zero-order chi connectivity index (χ0) is 22.7. The van der Waals surface area contributed by atoms with Crippen LogP contribution in [0.1, 0.15) is 40.6 Å². The van der Waals surface area contributed by atoms with Gasteiger partial charge in [-0.25, -0.2) is 9.78 Å². The molecule has 0 atom stereocenters. The topological polar surface area (TPSA) is 81.5 Å². The SMILES string of the molecule is CCOC(=O)c1sc2ncn(CC(=O)N3CCC(Cc4ccccc4)CC3)c(=O)c2c1C. The number of aromatic nitrogens is 2. The Bertz CT molecular complexity index is 1180. The van der Waals surface area contributed by atoms with E-state index in [0.29, 0.717) is 39.7 Å². The van der Waals surface area contributed by atoms with Crippen LogP contribution < -0.4 is 5.56 Å². The van der Waals surface area contributed by atoms with Crippen molar-refractivity contribution >= 4 is 33.4 Å². The number of amides is 1. The van der Waals surface area contributed by atoms with Crippen LogP contribution in [0, 0.1) is 12.8 Å². The van der Waals surface area contributed by atoms with Crippen molar-refractivity contribution in [3.05, 3.63) is 63.0 Å². The van der Waals surface area contributed by atoms with E-state index in [2.05, 4.69) is 29.2 Å². The number of likely N-dealkylation sites (tertiary alicyclic amines) is 1. The maximum atomic E-state index is 13.0. The van der Waals surface area contributed by atoms with Crippen LogP contribution in [0.4, 0.5) is 0 Å². The number of nitrogens with zero attached hydrogens (tertiary/aromatic N) is 3. The number of esters is 1. The number of piperidine rings is 1. The quantitative estimate of drug-likeness (QED) is 0.534. The molecule has 32 heavy (non-hydrogen) atoms. The summed E-state index contributed by atoms with van der Waals surface area (Å²) in [6.07, 6.45) is 4.34. The van der Waals surface area contributed by atoms with Crippen LogP contribution in [0.5, 0.6) is 0 Å². The van der Waals surface area contributed by atoms with E-state index in [4.69, 9.17) is 4.74 Å². The molecule has 1 aliphatic heterocycles. The predicted octanol–water partition coefficient (Wildman–Crippen LogP) is 3.42. The van der Waals surface area contributed by atoms with Crippen molar-refractivity contribution < 1.29 is 14.3 Å². The Hall–Kier alpha value is -3.00. The zero-order valence-electron chi connectivity index (χ0n) is 18.4. The lowest BCUT2D eigenvalue weighted by Crippen LogP contribution is -2.41. The molecule has 1 amide bonds. The highest BCUT2D eigenvalue weighted by Gasteiger charge is 2.25. The fourth-order valence-corrected chi connectivity index (χ4v) is 5.28. The third-order valence-corrected chi connectivity index (χ3v) is 7.20. The van der Waals surface area contributed by atoms with Crippen LogP contribution in [0.25, 0.3) is 10.2 Å². The summed E-state index contributed by atoms with van der Waals surface area (Å²) in [5.74, 6) is 0.0373. The molecular weight excluding hydrogens is 426 g/mol. The van der Waals surface area contributed by atoms with Crippen molar-refractivity contribution in [3.63, 3.8) is 0 Å². The molecule has 1 saturated heterocycles. The molecular formula is C24H27N3O4S. The molecule has 3 heterocycles. The van der Waals surface area contributed by atoms with Crippen LogP contribution >= 0.6 is 11.3 Å². The van der Waals surface area contributed by atoms with Gasteiger partial charge in [-0.15, -0.1) is 11.3 Å². The van der Waals surface area contributed by atoms with E-state index in [0.717, 1.165) is 30.6 Å². The summed E-state index contributed by atoms with van der Waals surface area (Å²) in [6, 6.07) is 10.4. The smallest absolute Gasteiger partial charge is 0.348 e. The molecule has 0 aliphatic carbocycles. The van der Waals surface area contributed by atoms with Crippen molar-refractivity contribution in [1.29, 1.82) is 0 Å². The molecule has 4 rings (SSSR count). The van der Waals surface area contributed by atoms with E-state index in [1.54, 1.807) is 13.8 Å². The van der Waals surface area contributed by atoms with E-state index in [1.807, 2.05) is 11.0 Å². The Morgan fingerprint density at radius 2 is 1.91 bits per heavy atom. The molecule has 0 spiro atoms. The number of rotatable bonds is 6. The number of carbonyl (C=O) groups excluding carboxylic acids is 2. The van der Waals surface area contributed by atoms with Gasteiger partial charge in [-0.3, -0.25) is 14.2 Å². The van der Waals surface area contributed by atoms with Crippen molar-refractivity contribution in [2.45, 2.75) is 39.7 Å². The molecule has 0 radical (unpaired) electrons. The average molecular weight is 454 g/mol.